The van der Waals surface area contributed by atoms with Crippen LogP contribution in [0.2, 0.25) is 0 Å². The first-order valence-electron chi connectivity index (χ1n) is 6.14. The van der Waals surface area contributed by atoms with Gasteiger partial charge in [-0.15, -0.1) is 0 Å². The number of carbonyl (C=O) groups is 2. The zero-order valence-corrected chi connectivity index (χ0v) is 11.4. The molecule has 0 radical (unpaired) electrons. The highest BCUT2D eigenvalue weighted by Crippen LogP contribution is 2.20. The van der Waals surface area contributed by atoms with Crippen molar-refractivity contribution in [3.05, 3.63) is 0 Å². The summed E-state index contributed by atoms with van der Waals surface area (Å²) in [6.07, 6.45) is 0.627. The predicted molar refractivity (Wildman–Crippen MR) is 66.4 cm³/mol. The van der Waals surface area contributed by atoms with Gasteiger partial charge in [0.15, 0.2) is 0 Å². The summed E-state index contributed by atoms with van der Waals surface area (Å²) in [5.41, 5.74) is -0.618. The summed E-state index contributed by atoms with van der Waals surface area (Å²) >= 11 is 0. The molecule has 6 nitrogen and oxygen atoms in total. The minimum Gasteiger partial charge on any atom is -0.480 e. The summed E-state index contributed by atoms with van der Waals surface area (Å²) in [7, 11) is 1.80. The molecule has 1 amide bonds. The zero-order valence-electron chi connectivity index (χ0n) is 11.4. The molecule has 1 fully saturated rings. The van der Waals surface area contributed by atoms with Gasteiger partial charge in [0.2, 0.25) is 0 Å². The Balaban J connectivity index is 2.78. The van der Waals surface area contributed by atoms with Crippen molar-refractivity contribution in [2.45, 2.75) is 51.3 Å². The van der Waals surface area contributed by atoms with Crippen LogP contribution in [-0.2, 0) is 9.53 Å². The Morgan fingerprint density at radius 1 is 1.33 bits per heavy atom. The molecule has 0 aromatic rings. The van der Waals surface area contributed by atoms with Crippen LogP contribution in [0.4, 0.5) is 4.79 Å². The molecular weight excluding hydrogens is 236 g/mol. The molecule has 2 N–H and O–H groups in total. The molecule has 0 aliphatic carbocycles. The van der Waals surface area contributed by atoms with Gasteiger partial charge in [-0.3, -0.25) is 4.90 Å². The van der Waals surface area contributed by atoms with Gasteiger partial charge in [-0.2, -0.15) is 0 Å². The van der Waals surface area contributed by atoms with Crippen LogP contribution in [-0.4, -0.2) is 53.3 Å². The number of piperidine rings is 1. The minimum absolute atomic E-state index is 0.119. The van der Waals surface area contributed by atoms with Crippen LogP contribution in [0.3, 0.4) is 0 Å². The number of carbonyl (C=O) groups excluding carboxylic acids is 1. The van der Waals surface area contributed by atoms with Crippen molar-refractivity contribution in [2.24, 2.45) is 0 Å². The summed E-state index contributed by atoms with van der Waals surface area (Å²) < 4.78 is 5.25. The Labute approximate surface area is 107 Å². The number of hydrogen-bond donors (Lipinski definition) is 2. The fourth-order valence-electron chi connectivity index (χ4n) is 1.99. The van der Waals surface area contributed by atoms with Crippen LogP contribution >= 0.6 is 0 Å². The molecule has 6 heteroatoms. The van der Waals surface area contributed by atoms with E-state index in [0.717, 1.165) is 6.42 Å². The number of aliphatic carboxylic acids is 1. The molecule has 1 aliphatic rings. The minimum atomic E-state index is -0.976. The predicted octanol–water partition coefficient (Wildman–Crippen LogP) is 1.06. The number of hydrogen-bond acceptors (Lipinski definition) is 4. The monoisotopic (exact) mass is 258 g/mol. The third-order valence-electron chi connectivity index (χ3n) is 2.90. The maximum absolute atomic E-state index is 12.0. The molecule has 1 heterocycles. The molecule has 0 spiro atoms. The van der Waals surface area contributed by atoms with Crippen molar-refractivity contribution in [3.63, 3.8) is 0 Å². The molecule has 0 aromatic carbocycles. The molecule has 18 heavy (non-hydrogen) atoms. The normalized spacial score (nSPS) is 24.8. The molecule has 1 rings (SSSR count). The summed E-state index contributed by atoms with van der Waals surface area (Å²) in [5, 5.41) is 12.2. The summed E-state index contributed by atoms with van der Waals surface area (Å²) in [6, 6.07) is -0.669. The highest BCUT2D eigenvalue weighted by molar-refractivity contribution is 5.80. The maximum Gasteiger partial charge on any atom is 0.411 e. The van der Waals surface area contributed by atoms with E-state index in [1.54, 1.807) is 27.8 Å². The molecular formula is C12H22N2O4. The van der Waals surface area contributed by atoms with E-state index in [1.165, 1.54) is 4.90 Å². The van der Waals surface area contributed by atoms with Gasteiger partial charge in [-0.05, 0) is 40.7 Å². The molecule has 0 aromatic heterocycles. The van der Waals surface area contributed by atoms with Crippen LogP contribution in [0.25, 0.3) is 0 Å². The standard InChI is InChI=1S/C12H22N2O4/c1-12(2,3)18-11(17)14-7-8(13-4)5-6-9(14)10(15)16/h8-9,13H,5-7H2,1-4H3,(H,15,16)/t8-,9+/m1/s1. The summed E-state index contributed by atoms with van der Waals surface area (Å²) in [5.74, 6) is -0.976. The van der Waals surface area contributed by atoms with E-state index in [2.05, 4.69) is 5.32 Å². The molecule has 104 valence electrons. The van der Waals surface area contributed by atoms with Crippen LogP contribution in [0.5, 0.6) is 0 Å². The van der Waals surface area contributed by atoms with Crippen LogP contribution < -0.4 is 5.32 Å². The van der Waals surface area contributed by atoms with Crippen molar-refractivity contribution in [2.75, 3.05) is 13.6 Å². The van der Waals surface area contributed by atoms with Crippen molar-refractivity contribution in [1.82, 2.24) is 10.2 Å². The van der Waals surface area contributed by atoms with Crippen molar-refractivity contribution in [1.29, 1.82) is 0 Å². The lowest BCUT2D eigenvalue weighted by Gasteiger charge is -2.38. The molecule has 1 aliphatic heterocycles. The Kier molecular flexibility index (Phi) is 4.56. The smallest absolute Gasteiger partial charge is 0.411 e. The number of likely N-dealkylation sites (N-methyl/N-ethyl adjacent to an activating group) is 1. The van der Waals surface area contributed by atoms with E-state index in [1.807, 2.05) is 0 Å². The number of amides is 1. The lowest BCUT2D eigenvalue weighted by atomic mass is 9.99. The highest BCUT2D eigenvalue weighted by atomic mass is 16.6. The summed E-state index contributed by atoms with van der Waals surface area (Å²) in [6.45, 7) is 5.66. The largest absolute Gasteiger partial charge is 0.480 e. The zero-order chi connectivity index (χ0) is 13.9. The molecule has 0 unspecified atom stereocenters. The molecule has 2 atom stereocenters. The first-order chi connectivity index (χ1) is 8.24. The van der Waals surface area contributed by atoms with Crippen LogP contribution in [0, 0.1) is 0 Å². The van der Waals surface area contributed by atoms with Crippen molar-refractivity contribution >= 4 is 12.1 Å². The maximum atomic E-state index is 12.0. The number of nitrogens with one attached hydrogen (secondary N) is 1. The number of carboxylic acid groups (broad SMARTS) is 1. The van der Waals surface area contributed by atoms with E-state index in [4.69, 9.17) is 9.84 Å². The second-order valence-electron chi connectivity index (χ2n) is 5.55. The summed E-state index contributed by atoms with van der Waals surface area (Å²) in [4.78, 5) is 24.5. The van der Waals surface area contributed by atoms with E-state index in [-0.39, 0.29) is 6.04 Å². The van der Waals surface area contributed by atoms with Crippen molar-refractivity contribution in [3.8, 4) is 0 Å². The fourth-order valence-corrected chi connectivity index (χ4v) is 1.99. The average Bonchev–Trinajstić information content (AvgIpc) is 2.25. The number of likely N-dealkylation sites (tertiary alicyclic amines) is 1. The SMILES string of the molecule is CN[C@@H]1CC[C@@H](C(=O)O)N(C(=O)OC(C)(C)C)C1. The van der Waals surface area contributed by atoms with Gasteiger partial charge in [-0.1, -0.05) is 0 Å². The topological polar surface area (TPSA) is 78.9 Å². The first-order valence-corrected chi connectivity index (χ1v) is 6.14. The Morgan fingerprint density at radius 2 is 1.94 bits per heavy atom. The Morgan fingerprint density at radius 3 is 2.39 bits per heavy atom. The van der Waals surface area contributed by atoms with E-state index < -0.39 is 23.7 Å². The number of ether oxygens (including phenoxy) is 1. The quantitative estimate of drug-likeness (QED) is 0.774. The second kappa shape index (κ2) is 5.56. The third kappa shape index (κ3) is 3.87. The second-order valence-corrected chi connectivity index (χ2v) is 5.55. The van der Waals surface area contributed by atoms with E-state index >= 15 is 0 Å². The van der Waals surface area contributed by atoms with Gasteiger partial charge in [0.1, 0.15) is 11.6 Å². The number of nitrogens with zero attached hydrogens (tertiary/aromatic N) is 1. The first kappa shape index (κ1) is 14.8. The Hall–Kier alpha value is -1.30. The number of carboxylic acids is 1. The van der Waals surface area contributed by atoms with Gasteiger partial charge in [-0.25, -0.2) is 9.59 Å². The molecule has 0 bridgehead atoms. The van der Waals surface area contributed by atoms with Crippen LogP contribution in [0.15, 0.2) is 0 Å². The van der Waals surface area contributed by atoms with E-state index in [9.17, 15) is 9.59 Å². The van der Waals surface area contributed by atoms with E-state index in [0.29, 0.717) is 13.0 Å². The van der Waals surface area contributed by atoms with Crippen molar-refractivity contribution < 1.29 is 19.4 Å². The Bertz CT molecular complexity index is 325. The lowest BCUT2D eigenvalue weighted by Crippen LogP contribution is -2.55. The van der Waals surface area contributed by atoms with Gasteiger partial charge >= 0.3 is 12.1 Å². The molecule has 0 saturated carbocycles. The molecule has 1 saturated heterocycles. The lowest BCUT2D eigenvalue weighted by molar-refractivity contribution is -0.144. The van der Waals surface area contributed by atoms with Gasteiger partial charge < -0.3 is 15.2 Å². The number of rotatable bonds is 2. The van der Waals surface area contributed by atoms with Gasteiger partial charge in [0, 0.05) is 12.6 Å². The van der Waals surface area contributed by atoms with Gasteiger partial charge in [0.25, 0.3) is 0 Å². The van der Waals surface area contributed by atoms with Gasteiger partial charge in [0.05, 0.1) is 0 Å². The third-order valence-corrected chi connectivity index (χ3v) is 2.90. The van der Waals surface area contributed by atoms with Crippen LogP contribution in [0.1, 0.15) is 33.6 Å². The highest BCUT2D eigenvalue weighted by Gasteiger charge is 2.37. The average molecular weight is 258 g/mol. The fraction of sp³-hybridized carbons (Fsp3) is 0.833.